The van der Waals surface area contributed by atoms with Crippen molar-refractivity contribution in [1.29, 1.82) is 0 Å². The lowest BCUT2D eigenvalue weighted by Gasteiger charge is -2.19. The Morgan fingerprint density at radius 2 is 1.67 bits per heavy atom. The molecule has 0 atom stereocenters. The van der Waals surface area contributed by atoms with Crippen molar-refractivity contribution in [1.82, 2.24) is 10.6 Å². The minimum absolute atomic E-state index is 0.247. The fourth-order valence-electron chi connectivity index (χ4n) is 1.45. The Bertz CT molecular complexity index is 282. The smallest absolute Gasteiger partial charge is 0.0454 e. The molecular weight excluding hydrogens is 184 g/mol. The summed E-state index contributed by atoms with van der Waals surface area (Å²) in [4.78, 5) is 0. The van der Waals surface area contributed by atoms with Crippen molar-refractivity contribution in [2.24, 2.45) is 0 Å². The zero-order valence-corrected chi connectivity index (χ0v) is 10.2. The van der Waals surface area contributed by atoms with E-state index >= 15 is 0 Å². The predicted molar refractivity (Wildman–Crippen MR) is 65.9 cm³/mol. The Labute approximate surface area is 93.1 Å². The van der Waals surface area contributed by atoms with Crippen molar-refractivity contribution in [2.45, 2.75) is 32.7 Å². The van der Waals surface area contributed by atoms with Crippen molar-refractivity contribution in [3.8, 4) is 0 Å². The minimum atomic E-state index is 0.247. The average Bonchev–Trinajstić information content (AvgIpc) is 2.18. The Morgan fingerprint density at radius 1 is 1.07 bits per heavy atom. The number of nitrogens with one attached hydrogen (secondary N) is 2. The Morgan fingerprint density at radius 3 is 2.13 bits per heavy atom. The fourth-order valence-corrected chi connectivity index (χ4v) is 1.45. The van der Waals surface area contributed by atoms with Gasteiger partial charge in [-0.25, -0.2) is 0 Å². The van der Waals surface area contributed by atoms with Crippen molar-refractivity contribution >= 4 is 0 Å². The number of benzene rings is 1. The summed E-state index contributed by atoms with van der Waals surface area (Å²) < 4.78 is 0. The van der Waals surface area contributed by atoms with Gasteiger partial charge >= 0.3 is 0 Å². The average molecular weight is 206 g/mol. The lowest BCUT2D eigenvalue weighted by atomic mass is 9.87. The first-order valence-electron chi connectivity index (χ1n) is 5.49. The molecule has 0 saturated heterocycles. The summed E-state index contributed by atoms with van der Waals surface area (Å²) in [5.41, 5.74) is 2.97. The van der Waals surface area contributed by atoms with E-state index in [1.165, 1.54) is 11.1 Å². The molecule has 84 valence electrons. The van der Waals surface area contributed by atoms with E-state index in [1.807, 2.05) is 7.05 Å². The van der Waals surface area contributed by atoms with E-state index in [-0.39, 0.29) is 5.41 Å². The summed E-state index contributed by atoms with van der Waals surface area (Å²) in [6, 6.07) is 8.83. The highest BCUT2D eigenvalue weighted by atomic mass is 15.0. The van der Waals surface area contributed by atoms with E-state index in [9.17, 15) is 0 Å². The van der Waals surface area contributed by atoms with Crippen LogP contribution in [0.5, 0.6) is 0 Å². The SMILES string of the molecule is CNCNCc1ccc(C(C)(C)C)cc1. The maximum absolute atomic E-state index is 3.30. The van der Waals surface area contributed by atoms with Crippen molar-refractivity contribution in [3.63, 3.8) is 0 Å². The summed E-state index contributed by atoms with van der Waals surface area (Å²) in [5, 5.41) is 6.36. The second kappa shape index (κ2) is 5.29. The highest BCUT2D eigenvalue weighted by Crippen LogP contribution is 2.21. The van der Waals surface area contributed by atoms with Gasteiger partial charge in [0.05, 0.1) is 0 Å². The number of rotatable bonds is 4. The summed E-state index contributed by atoms with van der Waals surface area (Å²) in [6.45, 7) is 8.48. The van der Waals surface area contributed by atoms with Gasteiger partial charge in [-0.05, 0) is 23.6 Å². The molecule has 15 heavy (non-hydrogen) atoms. The van der Waals surface area contributed by atoms with Gasteiger partial charge in [-0.3, -0.25) is 0 Å². The summed E-state index contributed by atoms with van der Waals surface area (Å²) in [7, 11) is 1.94. The minimum Gasteiger partial charge on any atom is -0.308 e. The zero-order chi connectivity index (χ0) is 11.3. The van der Waals surface area contributed by atoms with E-state index in [2.05, 4.69) is 55.7 Å². The van der Waals surface area contributed by atoms with Crippen LogP contribution in [0.3, 0.4) is 0 Å². The summed E-state index contributed by atoms with van der Waals surface area (Å²) in [6.07, 6.45) is 0. The molecule has 1 aromatic carbocycles. The lowest BCUT2D eigenvalue weighted by Crippen LogP contribution is -2.25. The highest BCUT2D eigenvalue weighted by molar-refractivity contribution is 5.27. The zero-order valence-electron chi connectivity index (χ0n) is 10.2. The van der Waals surface area contributed by atoms with Gasteiger partial charge in [0.15, 0.2) is 0 Å². The van der Waals surface area contributed by atoms with Gasteiger partial charge in [-0.1, -0.05) is 45.0 Å². The second-order valence-corrected chi connectivity index (χ2v) is 4.90. The molecule has 0 radical (unpaired) electrons. The van der Waals surface area contributed by atoms with Crippen molar-refractivity contribution < 1.29 is 0 Å². The molecule has 0 aromatic heterocycles. The molecule has 2 N–H and O–H groups in total. The van der Waals surface area contributed by atoms with Crippen LogP contribution in [0.25, 0.3) is 0 Å². The molecule has 0 bridgehead atoms. The van der Waals surface area contributed by atoms with Crippen LogP contribution in [-0.2, 0) is 12.0 Å². The Balaban J connectivity index is 2.57. The molecule has 0 saturated carbocycles. The number of hydrogen-bond donors (Lipinski definition) is 2. The van der Waals surface area contributed by atoms with Crippen LogP contribution in [0.4, 0.5) is 0 Å². The van der Waals surface area contributed by atoms with E-state index in [1.54, 1.807) is 0 Å². The van der Waals surface area contributed by atoms with Crippen molar-refractivity contribution in [2.75, 3.05) is 13.7 Å². The standard InChI is InChI=1S/C13H22N2/c1-13(2,3)12-7-5-11(6-8-12)9-15-10-14-4/h5-8,14-15H,9-10H2,1-4H3. The molecule has 2 nitrogen and oxygen atoms in total. The van der Waals surface area contributed by atoms with Gasteiger partial charge in [0.1, 0.15) is 0 Å². The molecule has 1 aromatic rings. The molecule has 0 amide bonds. The molecular formula is C13H22N2. The third-order valence-corrected chi connectivity index (χ3v) is 2.45. The van der Waals surface area contributed by atoms with Crippen LogP contribution < -0.4 is 10.6 Å². The first kappa shape index (κ1) is 12.2. The third kappa shape index (κ3) is 4.02. The van der Waals surface area contributed by atoms with E-state index in [0.29, 0.717) is 0 Å². The number of hydrogen-bond acceptors (Lipinski definition) is 2. The topological polar surface area (TPSA) is 24.1 Å². The van der Waals surface area contributed by atoms with Crippen molar-refractivity contribution in [3.05, 3.63) is 35.4 Å². The predicted octanol–water partition coefficient (Wildman–Crippen LogP) is 2.25. The lowest BCUT2D eigenvalue weighted by molar-refractivity contribution is 0.589. The van der Waals surface area contributed by atoms with Crippen LogP contribution in [0.15, 0.2) is 24.3 Å². The van der Waals surface area contributed by atoms with Crippen LogP contribution in [-0.4, -0.2) is 13.7 Å². The van der Waals surface area contributed by atoms with Gasteiger partial charge in [0.2, 0.25) is 0 Å². The molecule has 2 heteroatoms. The van der Waals surface area contributed by atoms with Gasteiger partial charge < -0.3 is 10.6 Å². The molecule has 0 spiro atoms. The van der Waals surface area contributed by atoms with Gasteiger partial charge in [-0.2, -0.15) is 0 Å². The molecule has 0 fully saturated rings. The monoisotopic (exact) mass is 206 g/mol. The maximum Gasteiger partial charge on any atom is 0.0454 e. The van der Waals surface area contributed by atoms with Crippen LogP contribution in [0, 0.1) is 0 Å². The second-order valence-electron chi connectivity index (χ2n) is 4.90. The van der Waals surface area contributed by atoms with E-state index in [0.717, 1.165) is 13.2 Å². The molecule has 0 aliphatic rings. The summed E-state index contributed by atoms with van der Waals surface area (Å²) in [5.74, 6) is 0. The molecule has 0 heterocycles. The fraction of sp³-hybridized carbons (Fsp3) is 0.538. The largest absolute Gasteiger partial charge is 0.308 e. The molecule has 0 aliphatic carbocycles. The molecule has 1 rings (SSSR count). The van der Waals surface area contributed by atoms with E-state index < -0.39 is 0 Å². The first-order chi connectivity index (χ1) is 7.04. The Kier molecular flexibility index (Phi) is 4.30. The normalized spacial score (nSPS) is 11.7. The van der Waals surface area contributed by atoms with Gasteiger partial charge in [0, 0.05) is 13.2 Å². The maximum atomic E-state index is 3.30. The molecule has 0 unspecified atom stereocenters. The molecule has 0 aliphatic heterocycles. The third-order valence-electron chi connectivity index (χ3n) is 2.45. The first-order valence-corrected chi connectivity index (χ1v) is 5.49. The van der Waals surface area contributed by atoms with Crippen LogP contribution >= 0.6 is 0 Å². The van der Waals surface area contributed by atoms with E-state index in [4.69, 9.17) is 0 Å². The quantitative estimate of drug-likeness (QED) is 0.583. The van der Waals surface area contributed by atoms with Gasteiger partial charge in [-0.15, -0.1) is 0 Å². The highest BCUT2D eigenvalue weighted by Gasteiger charge is 2.12. The Hall–Kier alpha value is -0.860. The van der Waals surface area contributed by atoms with Crippen LogP contribution in [0.1, 0.15) is 31.9 Å². The van der Waals surface area contributed by atoms with Crippen LogP contribution in [0.2, 0.25) is 0 Å². The summed E-state index contributed by atoms with van der Waals surface area (Å²) >= 11 is 0. The van der Waals surface area contributed by atoms with Gasteiger partial charge in [0.25, 0.3) is 0 Å².